The van der Waals surface area contributed by atoms with Gasteiger partial charge in [0.15, 0.2) is 0 Å². The number of benzene rings is 2. The number of nitrogens with zero attached hydrogens (tertiary/aromatic N) is 3. The molecular formula is C26H27N3S2. The molecule has 5 rings (SSSR count). The molecule has 0 bridgehead atoms. The summed E-state index contributed by atoms with van der Waals surface area (Å²) in [6, 6.07) is 19.6. The third-order valence-corrected chi connectivity index (χ3v) is 8.09. The van der Waals surface area contributed by atoms with Gasteiger partial charge in [-0.05, 0) is 55.3 Å². The third-order valence-electron chi connectivity index (χ3n) is 6.11. The monoisotopic (exact) mass is 445 g/mol. The van der Waals surface area contributed by atoms with Crippen LogP contribution in [-0.4, -0.2) is 26.4 Å². The smallest absolute Gasteiger partial charge is 0.234 e. The van der Waals surface area contributed by atoms with Gasteiger partial charge in [0, 0.05) is 39.1 Å². The summed E-state index contributed by atoms with van der Waals surface area (Å²) in [4.78, 5) is 12.0. The van der Waals surface area contributed by atoms with Crippen molar-refractivity contribution in [3.8, 4) is 22.5 Å². The molecule has 0 aliphatic heterocycles. The molecule has 1 fully saturated rings. The molecule has 0 radical (unpaired) electrons. The zero-order chi connectivity index (χ0) is 21.0. The van der Waals surface area contributed by atoms with E-state index in [1.807, 2.05) is 17.8 Å². The van der Waals surface area contributed by atoms with E-state index in [1.54, 1.807) is 18.0 Å². The Hall–Kier alpha value is -2.24. The summed E-state index contributed by atoms with van der Waals surface area (Å²) in [5.41, 5.74) is 4.37. The summed E-state index contributed by atoms with van der Waals surface area (Å²) < 4.78 is 2.10. The van der Waals surface area contributed by atoms with Gasteiger partial charge in [0.05, 0.1) is 11.4 Å². The minimum absolute atomic E-state index is 0.734. The molecule has 0 spiro atoms. The van der Waals surface area contributed by atoms with Crippen molar-refractivity contribution in [3.63, 3.8) is 0 Å². The minimum Gasteiger partial charge on any atom is -0.283 e. The van der Waals surface area contributed by atoms with Crippen LogP contribution in [0.4, 0.5) is 0 Å². The summed E-state index contributed by atoms with van der Waals surface area (Å²) in [6.07, 6.45) is 13.0. The van der Waals surface area contributed by atoms with Crippen LogP contribution < -0.4 is 0 Å². The van der Waals surface area contributed by atoms with Gasteiger partial charge in [0.1, 0.15) is 0 Å². The predicted molar refractivity (Wildman–Crippen MR) is 133 cm³/mol. The van der Waals surface area contributed by atoms with Gasteiger partial charge in [0.25, 0.3) is 0 Å². The second kappa shape index (κ2) is 9.49. The summed E-state index contributed by atoms with van der Waals surface area (Å²) in [6.45, 7) is 0. The van der Waals surface area contributed by atoms with Crippen molar-refractivity contribution in [2.45, 2.75) is 41.9 Å². The number of imidazole rings is 1. The quantitative estimate of drug-likeness (QED) is 0.288. The van der Waals surface area contributed by atoms with E-state index in [0.717, 1.165) is 28.6 Å². The van der Waals surface area contributed by atoms with Crippen LogP contribution in [0.3, 0.4) is 0 Å². The Morgan fingerprint density at radius 3 is 2.35 bits per heavy atom. The lowest BCUT2D eigenvalue weighted by atomic mass is 9.91. The first kappa shape index (κ1) is 20.7. The number of thioether (sulfide) groups is 2. The second-order valence-corrected chi connectivity index (χ2v) is 10.1. The van der Waals surface area contributed by atoms with E-state index < -0.39 is 0 Å². The molecule has 31 heavy (non-hydrogen) atoms. The molecular weight excluding hydrogens is 418 g/mol. The zero-order valence-electron chi connectivity index (χ0n) is 17.8. The van der Waals surface area contributed by atoms with Crippen LogP contribution in [0.25, 0.3) is 28.3 Å². The van der Waals surface area contributed by atoms with Gasteiger partial charge >= 0.3 is 0 Å². The van der Waals surface area contributed by atoms with Crippen LogP contribution in [0.1, 0.15) is 32.1 Å². The van der Waals surface area contributed by atoms with Gasteiger partial charge in [0.2, 0.25) is 5.78 Å². The first-order valence-corrected chi connectivity index (χ1v) is 13.2. The van der Waals surface area contributed by atoms with E-state index >= 15 is 0 Å². The highest BCUT2D eigenvalue weighted by atomic mass is 32.2. The molecule has 3 nitrogen and oxygen atoms in total. The fourth-order valence-corrected chi connectivity index (χ4v) is 5.89. The molecule has 0 amide bonds. The minimum atomic E-state index is 0.734. The van der Waals surface area contributed by atoms with Crippen LogP contribution in [0.5, 0.6) is 0 Å². The number of hydrogen-bond acceptors (Lipinski definition) is 4. The molecule has 4 aromatic rings. The maximum absolute atomic E-state index is 4.87. The Bertz CT molecular complexity index is 1140. The summed E-state index contributed by atoms with van der Waals surface area (Å²) >= 11 is 3.76. The number of hydrogen-bond donors (Lipinski definition) is 0. The first-order chi connectivity index (χ1) is 15.3. The highest BCUT2D eigenvalue weighted by Gasteiger charge is 2.17. The molecule has 2 heterocycles. The Morgan fingerprint density at radius 1 is 0.903 bits per heavy atom. The second-order valence-electron chi connectivity index (χ2n) is 8.17. The van der Waals surface area contributed by atoms with Gasteiger partial charge < -0.3 is 0 Å². The van der Waals surface area contributed by atoms with Crippen molar-refractivity contribution >= 4 is 29.3 Å². The van der Waals surface area contributed by atoms with Gasteiger partial charge in [-0.1, -0.05) is 43.5 Å². The highest BCUT2D eigenvalue weighted by Crippen LogP contribution is 2.35. The Morgan fingerprint density at radius 2 is 1.61 bits per heavy atom. The molecule has 1 aliphatic carbocycles. The van der Waals surface area contributed by atoms with Gasteiger partial charge in [-0.25, -0.2) is 9.97 Å². The Kier molecular flexibility index (Phi) is 6.32. The van der Waals surface area contributed by atoms with E-state index in [2.05, 4.69) is 70.4 Å². The van der Waals surface area contributed by atoms with E-state index in [9.17, 15) is 0 Å². The van der Waals surface area contributed by atoms with Gasteiger partial charge in [-0.3, -0.25) is 4.40 Å². The van der Waals surface area contributed by atoms with Crippen LogP contribution in [0.2, 0.25) is 0 Å². The maximum atomic E-state index is 4.87. The van der Waals surface area contributed by atoms with E-state index in [0.29, 0.717) is 0 Å². The van der Waals surface area contributed by atoms with E-state index in [1.165, 1.54) is 53.2 Å². The molecule has 2 aromatic heterocycles. The van der Waals surface area contributed by atoms with Crippen molar-refractivity contribution < 1.29 is 0 Å². The SMILES string of the molecule is CSc1ccc(-c2nc3ncccn3c2-c2ccc(SCC3CCCCC3)cc2)cc1. The van der Waals surface area contributed by atoms with Crippen LogP contribution >= 0.6 is 23.5 Å². The van der Waals surface area contributed by atoms with Crippen LogP contribution in [-0.2, 0) is 0 Å². The molecule has 158 valence electrons. The predicted octanol–water partition coefficient (Wildman–Crippen LogP) is 7.46. The molecule has 1 saturated carbocycles. The summed E-state index contributed by atoms with van der Waals surface area (Å²) in [5, 5.41) is 0. The number of aromatic nitrogens is 3. The van der Waals surface area contributed by atoms with Crippen LogP contribution in [0, 0.1) is 5.92 Å². The van der Waals surface area contributed by atoms with Crippen molar-refractivity contribution in [2.75, 3.05) is 12.0 Å². The van der Waals surface area contributed by atoms with Crippen molar-refractivity contribution in [2.24, 2.45) is 5.92 Å². The van der Waals surface area contributed by atoms with Gasteiger partial charge in [-0.2, -0.15) is 0 Å². The average Bonchev–Trinajstić information content (AvgIpc) is 3.23. The third kappa shape index (κ3) is 4.53. The average molecular weight is 446 g/mol. The van der Waals surface area contributed by atoms with Crippen molar-refractivity contribution in [3.05, 3.63) is 67.0 Å². The largest absolute Gasteiger partial charge is 0.283 e. The number of rotatable bonds is 6. The molecule has 5 heteroatoms. The van der Waals surface area contributed by atoms with Crippen LogP contribution in [0.15, 0.2) is 76.8 Å². The summed E-state index contributed by atoms with van der Waals surface area (Å²) in [7, 11) is 0. The standard InChI is InChI=1S/C26H27N3S2/c1-30-22-12-8-20(9-13-22)24-25(29-17-5-16-27-26(29)28-24)21-10-14-23(15-11-21)31-18-19-6-3-2-4-7-19/h5,8-17,19H,2-4,6-7,18H2,1H3. The van der Waals surface area contributed by atoms with E-state index in [4.69, 9.17) is 4.98 Å². The lowest BCUT2D eigenvalue weighted by Gasteiger charge is -2.20. The molecule has 2 aromatic carbocycles. The molecule has 0 N–H and O–H groups in total. The molecule has 0 unspecified atom stereocenters. The van der Waals surface area contributed by atoms with E-state index in [-0.39, 0.29) is 0 Å². The molecule has 0 atom stereocenters. The Labute approximate surface area is 192 Å². The first-order valence-electron chi connectivity index (χ1n) is 11.0. The lowest BCUT2D eigenvalue weighted by molar-refractivity contribution is 0.391. The molecule has 1 aliphatic rings. The fourth-order valence-electron chi connectivity index (χ4n) is 4.39. The fraction of sp³-hybridized carbons (Fsp3) is 0.308. The number of fused-ring (bicyclic) bond motifs is 1. The molecule has 0 saturated heterocycles. The topological polar surface area (TPSA) is 30.2 Å². The summed E-state index contributed by atoms with van der Waals surface area (Å²) in [5.74, 6) is 2.86. The Balaban J connectivity index is 1.45. The van der Waals surface area contributed by atoms with Crippen molar-refractivity contribution in [1.82, 2.24) is 14.4 Å². The lowest BCUT2D eigenvalue weighted by Crippen LogP contribution is -2.08. The van der Waals surface area contributed by atoms with Crippen molar-refractivity contribution in [1.29, 1.82) is 0 Å². The normalized spacial score (nSPS) is 14.9. The highest BCUT2D eigenvalue weighted by molar-refractivity contribution is 7.99. The zero-order valence-corrected chi connectivity index (χ0v) is 19.5. The van der Waals surface area contributed by atoms with Gasteiger partial charge in [-0.15, -0.1) is 23.5 Å². The maximum Gasteiger partial charge on any atom is 0.234 e.